The van der Waals surface area contributed by atoms with E-state index in [-0.39, 0.29) is 12.2 Å². The number of hydrogen-bond donors (Lipinski definition) is 0. The number of benzene rings is 2. The monoisotopic (exact) mass is 465 g/mol. The maximum Gasteiger partial charge on any atom is 0.416 e. The Labute approximate surface area is 192 Å². The van der Waals surface area contributed by atoms with Crippen LogP contribution in [-0.2, 0) is 23.9 Å². The number of rotatable bonds is 4. The summed E-state index contributed by atoms with van der Waals surface area (Å²) in [5.74, 6) is -0.556. The van der Waals surface area contributed by atoms with Gasteiger partial charge in [-0.3, -0.25) is 0 Å². The number of nitrogens with zero attached hydrogens (tertiary/aromatic N) is 1. The zero-order valence-corrected chi connectivity index (χ0v) is 18.2. The first-order chi connectivity index (χ1) is 15.9. The molecule has 4 aromatic rings. The van der Waals surface area contributed by atoms with Crippen LogP contribution in [-0.4, -0.2) is 11.0 Å². The maximum absolute atomic E-state index is 13.2. The average Bonchev–Trinajstić information content (AvgIpc) is 3.46. The van der Waals surface area contributed by atoms with E-state index in [2.05, 4.69) is 6.08 Å². The van der Waals surface area contributed by atoms with Crippen molar-refractivity contribution in [2.75, 3.05) is 0 Å². The van der Waals surface area contributed by atoms with Gasteiger partial charge in [-0.05, 0) is 65.3 Å². The van der Waals surface area contributed by atoms with E-state index in [0.29, 0.717) is 22.9 Å². The summed E-state index contributed by atoms with van der Waals surface area (Å²) in [6, 6.07) is 16.2. The molecule has 0 atom stereocenters. The lowest BCUT2D eigenvalue weighted by molar-refractivity contribution is -0.137. The molecule has 5 rings (SSSR count). The van der Waals surface area contributed by atoms with Crippen LogP contribution in [0.15, 0.2) is 66.0 Å². The summed E-state index contributed by atoms with van der Waals surface area (Å²) in [5.41, 5.74) is 3.31. The first kappa shape index (κ1) is 21.4. The maximum atomic E-state index is 13.2. The molecule has 7 heteroatoms. The highest BCUT2D eigenvalue weighted by molar-refractivity contribution is 7.10. The van der Waals surface area contributed by atoms with Gasteiger partial charge in [0.1, 0.15) is 6.61 Å². The van der Waals surface area contributed by atoms with Crippen LogP contribution < -0.4 is 0 Å². The lowest BCUT2D eigenvalue weighted by atomic mass is 10.0. The first-order valence-electron chi connectivity index (χ1n) is 10.4. The number of allylic oxidation sites excluding steroid dienone is 1. The Morgan fingerprint density at radius 1 is 1.06 bits per heavy atom. The Hall–Kier alpha value is -3.45. The SMILES string of the molecule is O=C(OCc1cccc(C(F)(F)F)c1)c1c2c(nc3ccccc13)C(=Cc1cccs1)CC2. The molecule has 0 N–H and O–H groups in total. The minimum Gasteiger partial charge on any atom is -0.457 e. The largest absolute Gasteiger partial charge is 0.457 e. The Kier molecular flexibility index (Phi) is 5.50. The highest BCUT2D eigenvalue weighted by atomic mass is 32.1. The van der Waals surface area contributed by atoms with Gasteiger partial charge in [0.25, 0.3) is 0 Å². The minimum atomic E-state index is -4.45. The topological polar surface area (TPSA) is 39.2 Å². The van der Waals surface area contributed by atoms with Gasteiger partial charge in [0.2, 0.25) is 0 Å². The molecular formula is C26H18F3NO2S. The van der Waals surface area contributed by atoms with Crippen molar-refractivity contribution in [2.45, 2.75) is 25.6 Å². The molecule has 3 nitrogen and oxygen atoms in total. The number of hydrogen-bond acceptors (Lipinski definition) is 4. The molecule has 0 saturated carbocycles. The number of esters is 1. The van der Waals surface area contributed by atoms with E-state index >= 15 is 0 Å². The summed E-state index contributed by atoms with van der Waals surface area (Å²) < 4.78 is 44.5. The van der Waals surface area contributed by atoms with Crippen LogP contribution >= 0.6 is 11.3 Å². The van der Waals surface area contributed by atoms with Crippen molar-refractivity contribution in [2.24, 2.45) is 0 Å². The average molecular weight is 465 g/mol. The van der Waals surface area contributed by atoms with E-state index in [0.717, 1.165) is 40.3 Å². The number of carbonyl (C=O) groups is 1. The second kappa shape index (κ2) is 8.48. The van der Waals surface area contributed by atoms with Gasteiger partial charge in [0, 0.05) is 10.3 Å². The summed E-state index contributed by atoms with van der Waals surface area (Å²) in [7, 11) is 0. The fourth-order valence-electron chi connectivity index (χ4n) is 4.12. The van der Waals surface area contributed by atoms with Gasteiger partial charge in [-0.15, -0.1) is 11.3 Å². The zero-order valence-electron chi connectivity index (χ0n) is 17.4. The summed E-state index contributed by atoms with van der Waals surface area (Å²) in [6.45, 7) is -0.244. The highest BCUT2D eigenvalue weighted by Gasteiger charge is 2.31. The number of para-hydroxylation sites is 1. The molecule has 2 aromatic heterocycles. The van der Waals surface area contributed by atoms with Gasteiger partial charge in [-0.25, -0.2) is 9.78 Å². The van der Waals surface area contributed by atoms with Crippen LogP contribution in [0.4, 0.5) is 13.2 Å². The van der Waals surface area contributed by atoms with Gasteiger partial charge in [0.15, 0.2) is 0 Å². The van der Waals surface area contributed by atoms with Crippen molar-refractivity contribution in [3.05, 3.63) is 98.9 Å². The number of fused-ring (bicyclic) bond motifs is 2. The Balaban J connectivity index is 1.50. The van der Waals surface area contributed by atoms with Crippen molar-refractivity contribution in [1.29, 1.82) is 0 Å². The number of thiophene rings is 1. The highest BCUT2D eigenvalue weighted by Crippen LogP contribution is 2.38. The molecule has 0 unspecified atom stereocenters. The predicted octanol–water partition coefficient (Wildman–Crippen LogP) is 7.16. The molecule has 0 aliphatic heterocycles. The Morgan fingerprint density at radius 3 is 2.70 bits per heavy atom. The molecule has 0 saturated heterocycles. The van der Waals surface area contributed by atoms with E-state index < -0.39 is 17.7 Å². The van der Waals surface area contributed by atoms with Crippen LogP contribution in [0.25, 0.3) is 22.6 Å². The van der Waals surface area contributed by atoms with Crippen LogP contribution in [0.5, 0.6) is 0 Å². The predicted molar refractivity (Wildman–Crippen MR) is 123 cm³/mol. The van der Waals surface area contributed by atoms with E-state index in [4.69, 9.17) is 9.72 Å². The fraction of sp³-hybridized carbons (Fsp3) is 0.154. The van der Waals surface area contributed by atoms with Gasteiger partial charge in [-0.2, -0.15) is 13.2 Å². The molecule has 0 fully saturated rings. The molecule has 0 amide bonds. The van der Waals surface area contributed by atoms with Gasteiger partial charge < -0.3 is 4.74 Å². The van der Waals surface area contributed by atoms with Crippen LogP contribution in [0.2, 0.25) is 0 Å². The molecule has 1 aliphatic carbocycles. The third-order valence-corrected chi connectivity index (χ3v) is 6.45. The second-order valence-corrected chi connectivity index (χ2v) is 8.77. The van der Waals surface area contributed by atoms with Crippen molar-refractivity contribution in [3.63, 3.8) is 0 Å². The third-order valence-electron chi connectivity index (χ3n) is 5.63. The summed E-state index contributed by atoms with van der Waals surface area (Å²) >= 11 is 1.63. The van der Waals surface area contributed by atoms with Gasteiger partial charge in [-0.1, -0.05) is 36.4 Å². The van der Waals surface area contributed by atoms with E-state index in [1.165, 1.54) is 12.1 Å². The zero-order chi connectivity index (χ0) is 23.0. The van der Waals surface area contributed by atoms with E-state index in [9.17, 15) is 18.0 Å². The van der Waals surface area contributed by atoms with Gasteiger partial charge >= 0.3 is 12.1 Å². The third kappa shape index (κ3) is 4.28. The summed E-state index contributed by atoms with van der Waals surface area (Å²) in [5, 5.41) is 2.69. The smallest absolute Gasteiger partial charge is 0.416 e. The lowest BCUT2D eigenvalue weighted by Crippen LogP contribution is -2.11. The number of ether oxygens (including phenoxy) is 1. The van der Waals surface area contributed by atoms with Crippen molar-refractivity contribution in [3.8, 4) is 0 Å². The summed E-state index contributed by atoms with van der Waals surface area (Å²) in [6.07, 6.45) is -0.952. The minimum absolute atomic E-state index is 0.244. The second-order valence-electron chi connectivity index (χ2n) is 7.79. The molecule has 2 aromatic carbocycles. The number of aromatic nitrogens is 1. The van der Waals surface area contributed by atoms with E-state index in [1.807, 2.05) is 41.8 Å². The quantitative estimate of drug-likeness (QED) is 0.300. The first-order valence-corrected chi connectivity index (χ1v) is 11.3. The molecule has 0 spiro atoms. The van der Waals surface area contributed by atoms with Crippen LogP contribution in [0.3, 0.4) is 0 Å². The van der Waals surface area contributed by atoms with Crippen molar-refractivity contribution < 1.29 is 22.7 Å². The molecule has 166 valence electrons. The molecule has 2 heterocycles. The lowest BCUT2D eigenvalue weighted by Gasteiger charge is -2.13. The number of halogens is 3. The fourth-order valence-corrected chi connectivity index (χ4v) is 4.80. The molecule has 0 radical (unpaired) electrons. The number of alkyl halides is 3. The van der Waals surface area contributed by atoms with Crippen molar-refractivity contribution in [1.82, 2.24) is 4.98 Å². The standard InChI is InChI=1S/C26H18F3NO2S/c27-26(28,29)18-6-3-5-16(13-18)15-32-25(31)23-20-8-1-2-9-22(20)30-24-17(10-11-21(23)24)14-19-7-4-12-33-19/h1-9,12-14H,10-11,15H2. The molecular weight excluding hydrogens is 447 g/mol. The van der Waals surface area contributed by atoms with Crippen molar-refractivity contribution >= 4 is 39.9 Å². The Morgan fingerprint density at radius 2 is 1.91 bits per heavy atom. The van der Waals surface area contributed by atoms with E-state index in [1.54, 1.807) is 11.3 Å². The normalized spacial score (nSPS) is 14.6. The van der Waals surface area contributed by atoms with Gasteiger partial charge in [0.05, 0.1) is 22.3 Å². The van der Waals surface area contributed by atoms with Crippen LogP contribution in [0, 0.1) is 0 Å². The molecule has 1 aliphatic rings. The number of carbonyl (C=O) groups excluding carboxylic acids is 1. The molecule has 0 bridgehead atoms. The molecule has 33 heavy (non-hydrogen) atoms. The number of pyridine rings is 1. The summed E-state index contributed by atoms with van der Waals surface area (Å²) in [4.78, 5) is 19.1. The Bertz CT molecular complexity index is 1370. The van der Waals surface area contributed by atoms with Crippen LogP contribution in [0.1, 0.15) is 44.0 Å².